The molecule has 1 saturated heterocycles. The lowest BCUT2D eigenvalue weighted by molar-refractivity contribution is -0.852. The van der Waals surface area contributed by atoms with Crippen molar-refractivity contribution in [2.75, 3.05) is 19.8 Å². The van der Waals surface area contributed by atoms with Crippen molar-refractivity contribution in [1.82, 2.24) is 15.2 Å². The summed E-state index contributed by atoms with van der Waals surface area (Å²) in [4.78, 5) is 31.0. The van der Waals surface area contributed by atoms with Crippen LogP contribution in [0.3, 0.4) is 0 Å². The number of rotatable bonds is 3. The minimum atomic E-state index is -1.07. The van der Waals surface area contributed by atoms with Gasteiger partial charge in [0.25, 0.3) is 0 Å². The third-order valence-electron chi connectivity index (χ3n) is 1.72. The van der Waals surface area contributed by atoms with Gasteiger partial charge in [-0.1, -0.05) is 5.01 Å². The summed E-state index contributed by atoms with van der Waals surface area (Å²) < 4.78 is 0. The molecule has 0 aromatic rings. The van der Waals surface area contributed by atoms with Crippen molar-refractivity contribution in [2.45, 2.75) is 0 Å². The number of nitrogens with zero attached hydrogens (tertiary/aromatic N) is 6. The second-order valence-corrected chi connectivity index (χ2v) is 2.55. The Labute approximate surface area is 81.6 Å². The van der Waals surface area contributed by atoms with Gasteiger partial charge in [-0.2, -0.15) is 0 Å². The smallest absolute Gasteiger partial charge is 0.235 e. The second-order valence-electron chi connectivity index (χ2n) is 2.55. The molecule has 1 fully saturated rings. The van der Waals surface area contributed by atoms with E-state index in [2.05, 4.69) is 0 Å². The lowest BCUT2D eigenvalue weighted by Gasteiger charge is -2.27. The van der Waals surface area contributed by atoms with Crippen molar-refractivity contribution in [1.29, 1.82) is 0 Å². The average molecular weight is 222 g/mol. The summed E-state index contributed by atoms with van der Waals surface area (Å²) in [6.45, 7) is -1.44. The quantitative estimate of drug-likeness (QED) is 0.405. The van der Waals surface area contributed by atoms with Crippen LogP contribution in [0, 0.1) is 30.3 Å². The highest BCUT2D eigenvalue weighted by Crippen LogP contribution is 2.07. The van der Waals surface area contributed by atoms with Gasteiger partial charge in [0.05, 0.1) is 0 Å². The van der Waals surface area contributed by atoms with Crippen LogP contribution in [0.2, 0.25) is 0 Å². The lowest BCUT2D eigenvalue weighted by atomic mass is 10.6. The van der Waals surface area contributed by atoms with Gasteiger partial charge in [0.15, 0.2) is 15.1 Å². The minimum absolute atomic E-state index is 0.0757. The second kappa shape index (κ2) is 3.77. The molecular formula is C3H6N6O6. The van der Waals surface area contributed by atoms with Crippen LogP contribution in [0.4, 0.5) is 0 Å². The van der Waals surface area contributed by atoms with Gasteiger partial charge in [-0.05, 0) is 0 Å². The predicted octanol–water partition coefficient (Wildman–Crippen LogP) is -1.65. The molecule has 1 aliphatic rings. The Morgan fingerprint density at radius 1 is 0.800 bits per heavy atom. The summed E-state index contributed by atoms with van der Waals surface area (Å²) in [7, 11) is 0. The van der Waals surface area contributed by atoms with E-state index in [9.17, 15) is 30.3 Å². The molecule has 15 heavy (non-hydrogen) atoms. The van der Waals surface area contributed by atoms with E-state index < -0.39 is 28.3 Å². The third-order valence-corrected chi connectivity index (χ3v) is 1.72. The van der Waals surface area contributed by atoms with E-state index >= 15 is 0 Å². The van der Waals surface area contributed by atoms with Crippen LogP contribution >= 0.6 is 0 Å². The van der Waals surface area contributed by atoms with E-state index in [0.29, 0.717) is 5.01 Å². The van der Waals surface area contributed by atoms with Crippen molar-refractivity contribution in [3.63, 3.8) is 0 Å². The average Bonchev–Trinajstić information content (AvgIpc) is 2.16. The third kappa shape index (κ3) is 2.09. The first-order valence-corrected chi connectivity index (χ1v) is 3.66. The highest BCUT2D eigenvalue weighted by Gasteiger charge is 2.42. The Morgan fingerprint density at radius 3 is 1.73 bits per heavy atom. The zero-order chi connectivity index (χ0) is 11.6. The molecular weight excluding hydrogens is 216 g/mol. The van der Waals surface area contributed by atoms with Crippen molar-refractivity contribution < 1.29 is 15.1 Å². The zero-order valence-electron chi connectivity index (χ0n) is 7.25. The van der Waals surface area contributed by atoms with Gasteiger partial charge in [-0.3, -0.25) is 0 Å². The first-order valence-electron chi connectivity index (χ1n) is 3.66. The van der Waals surface area contributed by atoms with Gasteiger partial charge < -0.3 is 0 Å². The molecule has 0 radical (unpaired) electrons. The molecule has 0 amide bonds. The molecule has 0 N–H and O–H groups in total. The molecule has 1 rings (SSSR count). The molecule has 1 aliphatic heterocycles. The maximum atomic E-state index is 10.4. The van der Waals surface area contributed by atoms with Crippen LogP contribution in [0.1, 0.15) is 0 Å². The maximum absolute atomic E-state index is 10.4. The Morgan fingerprint density at radius 2 is 1.33 bits per heavy atom. The first kappa shape index (κ1) is 10.7. The fourth-order valence-corrected chi connectivity index (χ4v) is 1.05. The molecule has 0 spiro atoms. The zero-order valence-corrected chi connectivity index (χ0v) is 7.25. The number of hydrogen-bond donors (Lipinski definition) is 0. The normalized spacial score (nSPS) is 16.4. The van der Waals surface area contributed by atoms with Crippen molar-refractivity contribution in [3.8, 4) is 0 Å². The van der Waals surface area contributed by atoms with Crippen LogP contribution in [-0.2, 0) is 0 Å². The van der Waals surface area contributed by atoms with E-state index in [1.165, 1.54) is 0 Å². The van der Waals surface area contributed by atoms with Gasteiger partial charge in [0.1, 0.15) is 13.1 Å². The molecule has 0 saturated carbocycles. The standard InChI is InChI=1S/C3H6N6O6/c10-7(11)4-1-2-5(8(12)13)6(3-4)9(14)15/h1-3H2. The lowest BCUT2D eigenvalue weighted by Crippen LogP contribution is -2.61. The first-order chi connectivity index (χ1) is 6.93. The molecule has 0 unspecified atom stereocenters. The van der Waals surface area contributed by atoms with E-state index in [4.69, 9.17) is 0 Å². The fourth-order valence-electron chi connectivity index (χ4n) is 1.05. The highest BCUT2D eigenvalue weighted by molar-refractivity contribution is 4.51. The van der Waals surface area contributed by atoms with E-state index in [1.807, 2.05) is 0 Å². The van der Waals surface area contributed by atoms with Crippen molar-refractivity contribution >= 4 is 0 Å². The summed E-state index contributed by atoms with van der Waals surface area (Å²) >= 11 is 0. The van der Waals surface area contributed by atoms with Crippen LogP contribution in [-0.4, -0.2) is 50.1 Å². The van der Waals surface area contributed by atoms with Crippen molar-refractivity contribution in [3.05, 3.63) is 30.3 Å². The molecule has 0 bridgehead atoms. The molecule has 12 nitrogen and oxygen atoms in total. The summed E-state index contributed by atoms with van der Waals surface area (Å²) in [5, 5.41) is 28.9. The molecule has 1 heterocycles. The van der Waals surface area contributed by atoms with Gasteiger partial charge in [-0.25, -0.2) is 30.3 Å². The number of nitro groups is 3. The van der Waals surface area contributed by atoms with E-state index in [-0.39, 0.29) is 16.8 Å². The molecule has 12 heteroatoms. The number of hydrogen-bond acceptors (Lipinski definition) is 6. The maximum Gasteiger partial charge on any atom is 0.237 e. The van der Waals surface area contributed by atoms with Crippen LogP contribution in [0.25, 0.3) is 0 Å². The van der Waals surface area contributed by atoms with Crippen molar-refractivity contribution in [2.24, 2.45) is 0 Å². The molecule has 84 valence electrons. The Kier molecular flexibility index (Phi) is 2.68. The van der Waals surface area contributed by atoms with Crippen LogP contribution in [0.5, 0.6) is 0 Å². The largest absolute Gasteiger partial charge is 0.237 e. The molecule has 0 atom stereocenters. The van der Waals surface area contributed by atoms with Gasteiger partial charge in [0.2, 0.25) is 6.67 Å². The topological polar surface area (TPSA) is 139 Å². The van der Waals surface area contributed by atoms with E-state index in [1.54, 1.807) is 0 Å². The van der Waals surface area contributed by atoms with Gasteiger partial charge >= 0.3 is 0 Å². The van der Waals surface area contributed by atoms with Gasteiger partial charge in [0, 0.05) is 10.2 Å². The van der Waals surface area contributed by atoms with E-state index in [0.717, 1.165) is 0 Å². The molecule has 0 aliphatic carbocycles. The Hall–Kier alpha value is -2.40. The fraction of sp³-hybridized carbons (Fsp3) is 1.00. The highest BCUT2D eigenvalue weighted by atomic mass is 16.7. The molecule has 0 aromatic carbocycles. The number of hydrazine groups is 4. The minimum Gasteiger partial charge on any atom is -0.235 e. The SMILES string of the molecule is O=[N+]([O-])N1CCN([N+](=O)[O-])N([N+](=O)[O-])C1. The summed E-state index contributed by atoms with van der Waals surface area (Å²) in [5.41, 5.74) is 0. The van der Waals surface area contributed by atoms with Crippen LogP contribution in [0.15, 0.2) is 0 Å². The van der Waals surface area contributed by atoms with Crippen LogP contribution < -0.4 is 0 Å². The summed E-state index contributed by atoms with van der Waals surface area (Å²) in [6.07, 6.45) is 0. The Bertz CT molecular complexity index is 305. The summed E-state index contributed by atoms with van der Waals surface area (Å²) in [5.74, 6) is 0. The Balaban J connectivity index is 2.78. The monoisotopic (exact) mass is 222 g/mol. The van der Waals surface area contributed by atoms with Gasteiger partial charge in [-0.15, -0.1) is 0 Å². The molecule has 0 aromatic heterocycles. The summed E-state index contributed by atoms with van der Waals surface area (Å²) in [6, 6.07) is 0. The predicted molar refractivity (Wildman–Crippen MR) is 41.1 cm³/mol.